The molecule has 0 unspecified atom stereocenters. The SMILES string of the molecule is Cc1nnn(Cc2cc(Cl)ccc2/C=C/C(=O)N2CCC(CCNC(=O)O)CC2)n1. The van der Waals surface area contributed by atoms with Gasteiger partial charge < -0.3 is 15.3 Å². The quantitative estimate of drug-likeness (QED) is 0.650. The van der Waals surface area contributed by atoms with Crippen LogP contribution in [0, 0.1) is 12.8 Å². The lowest BCUT2D eigenvalue weighted by molar-refractivity contribution is -0.127. The second-order valence-corrected chi connectivity index (χ2v) is 7.77. The molecule has 3 rings (SSSR count). The van der Waals surface area contributed by atoms with Crippen LogP contribution in [-0.4, -0.2) is 61.8 Å². The molecule has 30 heavy (non-hydrogen) atoms. The molecule has 2 heterocycles. The van der Waals surface area contributed by atoms with E-state index in [9.17, 15) is 9.59 Å². The molecule has 9 nitrogen and oxygen atoms in total. The van der Waals surface area contributed by atoms with Crippen molar-refractivity contribution in [3.63, 3.8) is 0 Å². The molecule has 2 amide bonds. The van der Waals surface area contributed by atoms with Gasteiger partial charge in [0.05, 0.1) is 6.54 Å². The normalized spacial score (nSPS) is 14.9. The van der Waals surface area contributed by atoms with Crippen LogP contribution in [0.4, 0.5) is 4.79 Å². The number of piperidine rings is 1. The summed E-state index contributed by atoms with van der Waals surface area (Å²) in [6, 6.07) is 5.49. The van der Waals surface area contributed by atoms with Crippen LogP contribution in [0.5, 0.6) is 0 Å². The molecule has 0 saturated carbocycles. The summed E-state index contributed by atoms with van der Waals surface area (Å²) in [6.07, 6.45) is 4.94. The Hall–Kier alpha value is -2.94. The fraction of sp³-hybridized carbons (Fsp3) is 0.450. The molecule has 0 aliphatic carbocycles. The molecule has 1 aromatic heterocycles. The lowest BCUT2D eigenvalue weighted by Gasteiger charge is -2.31. The van der Waals surface area contributed by atoms with Crippen molar-refractivity contribution >= 4 is 29.7 Å². The third kappa shape index (κ3) is 6.28. The van der Waals surface area contributed by atoms with Crippen LogP contribution in [0.25, 0.3) is 6.08 Å². The van der Waals surface area contributed by atoms with Crippen molar-refractivity contribution in [2.24, 2.45) is 5.92 Å². The molecule has 1 aliphatic heterocycles. The zero-order valence-electron chi connectivity index (χ0n) is 16.8. The minimum atomic E-state index is -0.996. The number of aromatic nitrogens is 4. The maximum Gasteiger partial charge on any atom is 0.404 e. The number of halogens is 1. The summed E-state index contributed by atoms with van der Waals surface area (Å²) < 4.78 is 0. The van der Waals surface area contributed by atoms with Gasteiger partial charge in [-0.1, -0.05) is 17.7 Å². The molecule has 1 saturated heterocycles. The van der Waals surface area contributed by atoms with Crippen LogP contribution in [0.3, 0.4) is 0 Å². The summed E-state index contributed by atoms with van der Waals surface area (Å²) in [6.45, 7) is 3.98. The van der Waals surface area contributed by atoms with E-state index in [0.29, 0.717) is 42.9 Å². The predicted molar refractivity (Wildman–Crippen MR) is 112 cm³/mol. The van der Waals surface area contributed by atoms with Crippen molar-refractivity contribution in [3.8, 4) is 0 Å². The Balaban J connectivity index is 1.57. The Labute approximate surface area is 179 Å². The highest BCUT2D eigenvalue weighted by Gasteiger charge is 2.21. The van der Waals surface area contributed by atoms with Gasteiger partial charge in [0.15, 0.2) is 5.82 Å². The smallest absolute Gasteiger partial charge is 0.404 e. The van der Waals surface area contributed by atoms with Crippen LogP contribution in [0.1, 0.15) is 36.2 Å². The molecule has 2 N–H and O–H groups in total. The van der Waals surface area contributed by atoms with Crippen LogP contribution in [0.2, 0.25) is 5.02 Å². The van der Waals surface area contributed by atoms with E-state index in [-0.39, 0.29) is 5.91 Å². The second-order valence-electron chi connectivity index (χ2n) is 7.33. The van der Waals surface area contributed by atoms with Gasteiger partial charge in [-0.3, -0.25) is 4.79 Å². The van der Waals surface area contributed by atoms with Crippen LogP contribution in [0.15, 0.2) is 24.3 Å². The van der Waals surface area contributed by atoms with Gasteiger partial charge in [-0.15, -0.1) is 10.2 Å². The average Bonchev–Trinajstić information content (AvgIpc) is 3.12. The van der Waals surface area contributed by atoms with Gasteiger partial charge in [0, 0.05) is 30.7 Å². The number of hydrogen-bond acceptors (Lipinski definition) is 5. The number of carbonyl (C=O) groups is 2. The fourth-order valence-electron chi connectivity index (χ4n) is 3.51. The van der Waals surface area contributed by atoms with Gasteiger partial charge in [-0.25, -0.2) is 4.79 Å². The van der Waals surface area contributed by atoms with E-state index >= 15 is 0 Å². The Morgan fingerprint density at radius 3 is 2.77 bits per heavy atom. The molecule has 10 heteroatoms. The standard InChI is InChI=1S/C20H25ClN6O3/c1-14-23-25-27(24-14)13-17-12-18(21)4-2-16(17)3-5-19(28)26-10-7-15(8-11-26)6-9-22-20(29)30/h2-5,12,15,22H,6-11,13H2,1H3,(H,29,30)/b5-3+. The number of likely N-dealkylation sites (tertiary alicyclic amines) is 1. The largest absolute Gasteiger partial charge is 0.465 e. The van der Waals surface area contributed by atoms with E-state index < -0.39 is 6.09 Å². The first-order valence-electron chi connectivity index (χ1n) is 9.87. The zero-order valence-corrected chi connectivity index (χ0v) is 17.5. The van der Waals surface area contributed by atoms with Crippen LogP contribution in [-0.2, 0) is 11.3 Å². The predicted octanol–water partition coefficient (Wildman–Crippen LogP) is 2.59. The molecule has 0 atom stereocenters. The lowest BCUT2D eigenvalue weighted by Crippen LogP contribution is -2.38. The van der Waals surface area contributed by atoms with E-state index in [4.69, 9.17) is 16.7 Å². The van der Waals surface area contributed by atoms with Crippen molar-refractivity contribution in [2.45, 2.75) is 32.7 Å². The van der Waals surface area contributed by atoms with Crippen molar-refractivity contribution in [1.82, 2.24) is 30.4 Å². The number of amides is 2. The Morgan fingerprint density at radius 1 is 1.33 bits per heavy atom. The van der Waals surface area contributed by atoms with Crippen LogP contribution >= 0.6 is 11.6 Å². The Morgan fingerprint density at radius 2 is 2.10 bits per heavy atom. The number of carboxylic acid groups (broad SMARTS) is 1. The van der Waals surface area contributed by atoms with E-state index in [0.717, 1.165) is 30.4 Å². The summed E-state index contributed by atoms with van der Waals surface area (Å²) in [5.41, 5.74) is 1.77. The van der Waals surface area contributed by atoms with Crippen molar-refractivity contribution < 1.29 is 14.7 Å². The molecule has 0 spiro atoms. The second kappa shape index (κ2) is 10.2. The molecular formula is C20H25ClN6O3. The third-order valence-electron chi connectivity index (χ3n) is 5.13. The minimum Gasteiger partial charge on any atom is -0.465 e. The van der Waals surface area contributed by atoms with E-state index in [1.807, 2.05) is 17.0 Å². The Bertz CT molecular complexity index is 921. The maximum atomic E-state index is 12.6. The fourth-order valence-corrected chi connectivity index (χ4v) is 3.70. The molecule has 1 aromatic carbocycles. The first-order chi connectivity index (χ1) is 14.4. The number of benzene rings is 1. The molecule has 0 bridgehead atoms. The minimum absolute atomic E-state index is 0.0345. The first kappa shape index (κ1) is 21.8. The highest BCUT2D eigenvalue weighted by molar-refractivity contribution is 6.30. The number of hydrogen-bond donors (Lipinski definition) is 2. The van der Waals surface area contributed by atoms with Gasteiger partial charge >= 0.3 is 6.09 Å². The molecular weight excluding hydrogens is 408 g/mol. The van der Waals surface area contributed by atoms with E-state index in [1.165, 1.54) is 4.80 Å². The summed E-state index contributed by atoms with van der Waals surface area (Å²) in [5.74, 6) is 0.991. The van der Waals surface area contributed by atoms with Gasteiger partial charge in [-0.2, -0.15) is 4.80 Å². The number of tetrazole rings is 1. The molecule has 0 radical (unpaired) electrons. The molecule has 1 aliphatic rings. The lowest BCUT2D eigenvalue weighted by atomic mass is 9.93. The average molecular weight is 433 g/mol. The number of nitrogens with zero attached hydrogens (tertiary/aromatic N) is 5. The highest BCUT2D eigenvalue weighted by Crippen LogP contribution is 2.21. The van der Waals surface area contributed by atoms with E-state index in [1.54, 1.807) is 25.1 Å². The first-order valence-corrected chi connectivity index (χ1v) is 10.2. The highest BCUT2D eigenvalue weighted by atomic mass is 35.5. The van der Waals surface area contributed by atoms with Gasteiger partial charge in [0.2, 0.25) is 5.91 Å². The summed E-state index contributed by atoms with van der Waals surface area (Å²) in [4.78, 5) is 26.5. The zero-order chi connectivity index (χ0) is 21.5. The number of rotatable bonds is 7. The molecule has 160 valence electrons. The Kier molecular flexibility index (Phi) is 7.40. The monoisotopic (exact) mass is 432 g/mol. The number of nitrogens with one attached hydrogen (secondary N) is 1. The van der Waals surface area contributed by atoms with Crippen molar-refractivity contribution in [2.75, 3.05) is 19.6 Å². The summed E-state index contributed by atoms with van der Waals surface area (Å²) in [5, 5.41) is 23.7. The summed E-state index contributed by atoms with van der Waals surface area (Å²) >= 11 is 6.14. The third-order valence-corrected chi connectivity index (χ3v) is 5.37. The van der Waals surface area contributed by atoms with Crippen molar-refractivity contribution in [3.05, 3.63) is 46.2 Å². The molecule has 2 aromatic rings. The molecule has 1 fully saturated rings. The van der Waals surface area contributed by atoms with E-state index in [2.05, 4.69) is 20.7 Å². The van der Waals surface area contributed by atoms with Gasteiger partial charge in [-0.05, 0) is 66.7 Å². The topological polar surface area (TPSA) is 113 Å². The maximum absolute atomic E-state index is 12.6. The summed E-state index contributed by atoms with van der Waals surface area (Å²) in [7, 11) is 0. The number of carbonyl (C=O) groups excluding carboxylic acids is 1. The van der Waals surface area contributed by atoms with Crippen molar-refractivity contribution in [1.29, 1.82) is 0 Å². The van der Waals surface area contributed by atoms with Crippen LogP contribution < -0.4 is 5.32 Å². The van der Waals surface area contributed by atoms with Gasteiger partial charge in [0.25, 0.3) is 0 Å². The number of aryl methyl sites for hydroxylation is 1. The van der Waals surface area contributed by atoms with Gasteiger partial charge in [0.1, 0.15) is 0 Å².